The molecule has 2 aromatic carbocycles. The Bertz CT molecular complexity index is 661. The number of methoxy groups -OCH3 is 1. The van der Waals surface area contributed by atoms with Gasteiger partial charge in [0.05, 0.1) is 13.7 Å². The van der Waals surface area contributed by atoms with Crippen LogP contribution < -0.4 is 15.4 Å². The Labute approximate surface area is 148 Å². The topological polar surface area (TPSA) is 50.4 Å². The van der Waals surface area contributed by atoms with Crippen molar-refractivity contribution < 1.29 is 9.53 Å². The van der Waals surface area contributed by atoms with Gasteiger partial charge in [-0.2, -0.15) is 0 Å². The van der Waals surface area contributed by atoms with E-state index >= 15 is 0 Å². The molecule has 0 aliphatic carbocycles. The molecule has 2 aromatic rings. The molecule has 0 aliphatic heterocycles. The minimum Gasteiger partial charge on any atom is -0.496 e. The Morgan fingerprint density at radius 3 is 2.71 bits per heavy atom. The number of para-hydroxylation sites is 1. The molecule has 1 amide bonds. The zero-order chi connectivity index (χ0) is 17.2. The highest BCUT2D eigenvalue weighted by molar-refractivity contribution is 6.30. The van der Waals surface area contributed by atoms with Crippen LogP contribution in [0, 0.1) is 0 Å². The minimum absolute atomic E-state index is 0.00371. The first-order valence-electron chi connectivity index (χ1n) is 8.03. The summed E-state index contributed by atoms with van der Waals surface area (Å²) in [6, 6.07) is 15.6. The van der Waals surface area contributed by atoms with Gasteiger partial charge in [-0.1, -0.05) is 41.9 Å². The van der Waals surface area contributed by atoms with E-state index in [1.54, 1.807) is 7.11 Å². The lowest BCUT2D eigenvalue weighted by Gasteiger charge is -2.09. The molecule has 0 fully saturated rings. The van der Waals surface area contributed by atoms with Gasteiger partial charge in [0.2, 0.25) is 5.91 Å². The Hall–Kier alpha value is -2.04. The Kier molecular flexibility index (Phi) is 7.59. The SMILES string of the molecule is COc1ccccc1CCNC(=O)CNCCc1cccc(Cl)c1. The molecule has 0 saturated heterocycles. The van der Waals surface area contributed by atoms with Crippen molar-refractivity contribution in [2.24, 2.45) is 0 Å². The van der Waals surface area contributed by atoms with Crippen molar-refractivity contribution in [2.45, 2.75) is 12.8 Å². The molecule has 24 heavy (non-hydrogen) atoms. The van der Waals surface area contributed by atoms with Gasteiger partial charge in [0.15, 0.2) is 0 Å². The van der Waals surface area contributed by atoms with Crippen molar-refractivity contribution in [3.05, 3.63) is 64.7 Å². The lowest BCUT2D eigenvalue weighted by atomic mass is 10.1. The fourth-order valence-electron chi connectivity index (χ4n) is 2.44. The molecule has 0 atom stereocenters. The van der Waals surface area contributed by atoms with E-state index in [0.717, 1.165) is 41.3 Å². The fraction of sp³-hybridized carbons (Fsp3) is 0.316. The van der Waals surface area contributed by atoms with E-state index < -0.39 is 0 Å². The average molecular weight is 347 g/mol. The summed E-state index contributed by atoms with van der Waals surface area (Å²) in [5.41, 5.74) is 2.25. The van der Waals surface area contributed by atoms with E-state index in [1.807, 2.05) is 48.5 Å². The van der Waals surface area contributed by atoms with Gasteiger partial charge < -0.3 is 15.4 Å². The first kappa shape index (κ1) is 18.3. The summed E-state index contributed by atoms with van der Waals surface area (Å²) in [4.78, 5) is 11.8. The highest BCUT2D eigenvalue weighted by Gasteiger charge is 2.04. The summed E-state index contributed by atoms with van der Waals surface area (Å²) in [6.07, 6.45) is 1.59. The van der Waals surface area contributed by atoms with E-state index in [1.165, 1.54) is 0 Å². The zero-order valence-electron chi connectivity index (χ0n) is 13.8. The van der Waals surface area contributed by atoms with Crippen LogP contribution in [-0.2, 0) is 17.6 Å². The van der Waals surface area contributed by atoms with Crippen LogP contribution in [0.2, 0.25) is 5.02 Å². The van der Waals surface area contributed by atoms with Gasteiger partial charge in [-0.05, 0) is 48.7 Å². The lowest BCUT2D eigenvalue weighted by Crippen LogP contribution is -2.35. The minimum atomic E-state index is -0.00371. The summed E-state index contributed by atoms with van der Waals surface area (Å²) >= 11 is 5.94. The molecule has 0 heterocycles. The van der Waals surface area contributed by atoms with E-state index in [-0.39, 0.29) is 5.91 Å². The highest BCUT2D eigenvalue weighted by atomic mass is 35.5. The maximum Gasteiger partial charge on any atom is 0.233 e. The van der Waals surface area contributed by atoms with Gasteiger partial charge in [0.1, 0.15) is 5.75 Å². The normalized spacial score (nSPS) is 10.4. The first-order valence-corrected chi connectivity index (χ1v) is 8.40. The number of carbonyl (C=O) groups excluding carboxylic acids is 1. The maximum atomic E-state index is 11.8. The average Bonchev–Trinajstić information content (AvgIpc) is 2.59. The van der Waals surface area contributed by atoms with Gasteiger partial charge >= 0.3 is 0 Å². The molecule has 0 radical (unpaired) electrons. The molecule has 128 valence electrons. The van der Waals surface area contributed by atoms with Gasteiger partial charge in [0.25, 0.3) is 0 Å². The molecule has 5 heteroatoms. The van der Waals surface area contributed by atoms with E-state index in [9.17, 15) is 4.79 Å². The Morgan fingerprint density at radius 1 is 1.08 bits per heavy atom. The number of rotatable bonds is 9. The highest BCUT2D eigenvalue weighted by Crippen LogP contribution is 2.17. The smallest absolute Gasteiger partial charge is 0.233 e. The number of hydrogen-bond acceptors (Lipinski definition) is 3. The molecule has 0 spiro atoms. The number of benzene rings is 2. The molecule has 2 rings (SSSR count). The van der Waals surface area contributed by atoms with Crippen LogP contribution in [0.1, 0.15) is 11.1 Å². The van der Waals surface area contributed by atoms with Crippen LogP contribution >= 0.6 is 11.6 Å². The fourth-order valence-corrected chi connectivity index (χ4v) is 2.65. The second kappa shape index (κ2) is 9.96. The first-order chi connectivity index (χ1) is 11.7. The van der Waals surface area contributed by atoms with Crippen molar-refractivity contribution in [1.29, 1.82) is 0 Å². The van der Waals surface area contributed by atoms with Gasteiger partial charge in [-0.25, -0.2) is 0 Å². The number of halogens is 1. The molecule has 0 bridgehead atoms. The van der Waals surface area contributed by atoms with Crippen LogP contribution in [0.4, 0.5) is 0 Å². The summed E-state index contributed by atoms with van der Waals surface area (Å²) in [6.45, 7) is 1.64. The molecular weight excluding hydrogens is 324 g/mol. The second-order valence-corrected chi connectivity index (χ2v) is 5.90. The summed E-state index contributed by atoms with van der Waals surface area (Å²) < 4.78 is 5.30. The van der Waals surface area contributed by atoms with Gasteiger partial charge in [-0.15, -0.1) is 0 Å². The summed E-state index contributed by atoms with van der Waals surface area (Å²) in [7, 11) is 1.65. The van der Waals surface area contributed by atoms with E-state index in [0.29, 0.717) is 13.1 Å². The second-order valence-electron chi connectivity index (χ2n) is 5.47. The third-order valence-electron chi connectivity index (χ3n) is 3.67. The van der Waals surface area contributed by atoms with Crippen LogP contribution in [0.15, 0.2) is 48.5 Å². The van der Waals surface area contributed by atoms with E-state index in [2.05, 4.69) is 10.6 Å². The number of carbonyl (C=O) groups is 1. The number of hydrogen-bond donors (Lipinski definition) is 2. The molecule has 0 saturated carbocycles. The Morgan fingerprint density at radius 2 is 1.92 bits per heavy atom. The number of amides is 1. The predicted molar refractivity (Wildman–Crippen MR) is 97.7 cm³/mol. The third-order valence-corrected chi connectivity index (χ3v) is 3.91. The van der Waals surface area contributed by atoms with Crippen molar-refractivity contribution in [3.63, 3.8) is 0 Å². The van der Waals surface area contributed by atoms with Crippen molar-refractivity contribution in [1.82, 2.24) is 10.6 Å². The maximum absolute atomic E-state index is 11.8. The van der Waals surface area contributed by atoms with Crippen molar-refractivity contribution in [2.75, 3.05) is 26.7 Å². The van der Waals surface area contributed by atoms with Gasteiger partial charge in [0, 0.05) is 11.6 Å². The molecule has 0 aliphatic rings. The molecular formula is C19H23ClN2O2. The van der Waals surface area contributed by atoms with E-state index in [4.69, 9.17) is 16.3 Å². The predicted octanol–water partition coefficient (Wildman–Crippen LogP) is 2.84. The van der Waals surface area contributed by atoms with Crippen LogP contribution in [-0.4, -0.2) is 32.7 Å². The molecule has 0 aromatic heterocycles. The number of nitrogens with one attached hydrogen (secondary N) is 2. The van der Waals surface area contributed by atoms with Crippen LogP contribution in [0.25, 0.3) is 0 Å². The zero-order valence-corrected chi connectivity index (χ0v) is 14.6. The van der Waals surface area contributed by atoms with Crippen LogP contribution in [0.3, 0.4) is 0 Å². The Balaban J connectivity index is 1.61. The van der Waals surface area contributed by atoms with Crippen LogP contribution in [0.5, 0.6) is 5.75 Å². The lowest BCUT2D eigenvalue weighted by molar-refractivity contribution is -0.120. The monoisotopic (exact) mass is 346 g/mol. The third kappa shape index (κ3) is 6.22. The van der Waals surface area contributed by atoms with Crippen molar-refractivity contribution in [3.8, 4) is 5.75 Å². The van der Waals surface area contributed by atoms with Crippen molar-refractivity contribution >= 4 is 17.5 Å². The molecule has 2 N–H and O–H groups in total. The van der Waals surface area contributed by atoms with Gasteiger partial charge in [-0.3, -0.25) is 4.79 Å². The summed E-state index contributed by atoms with van der Waals surface area (Å²) in [5.74, 6) is 0.849. The largest absolute Gasteiger partial charge is 0.496 e. The molecule has 0 unspecified atom stereocenters. The summed E-state index contributed by atoms with van der Waals surface area (Å²) in [5, 5.41) is 6.79. The number of ether oxygens (including phenoxy) is 1. The standard InChI is InChI=1S/C19H23ClN2O2/c1-24-18-8-3-2-6-16(18)10-12-22-19(23)14-21-11-9-15-5-4-7-17(20)13-15/h2-8,13,21H,9-12,14H2,1H3,(H,22,23). The molecule has 4 nitrogen and oxygen atoms in total. The quantitative estimate of drug-likeness (QED) is 0.686.